The first-order valence-corrected chi connectivity index (χ1v) is 10.6. The van der Waals surface area contributed by atoms with Gasteiger partial charge in [0.05, 0.1) is 17.9 Å². The lowest BCUT2D eigenvalue weighted by Gasteiger charge is -2.40. The molecule has 0 bridgehead atoms. The zero-order valence-electron chi connectivity index (χ0n) is 15.3. The number of anilines is 1. The van der Waals surface area contributed by atoms with Gasteiger partial charge >= 0.3 is 0 Å². The summed E-state index contributed by atoms with van der Waals surface area (Å²) in [6.45, 7) is 0. The number of halogens is 2. The molecule has 0 aromatic carbocycles. The lowest BCUT2D eigenvalue weighted by Crippen LogP contribution is -2.48. The molecule has 0 aliphatic heterocycles. The highest BCUT2D eigenvalue weighted by molar-refractivity contribution is 9.10. The van der Waals surface area contributed by atoms with Crippen LogP contribution in [0.2, 0.25) is 0 Å². The monoisotopic (exact) mass is 443 g/mol. The second-order valence-corrected chi connectivity index (χ2v) is 8.57. The number of aromatic nitrogens is 1. The van der Waals surface area contributed by atoms with Crippen molar-refractivity contribution in [3.8, 4) is 0 Å². The topological polar surface area (TPSA) is 68.0 Å². The SMILES string of the molecule is Cl.NC(C(=O)Nc1ccc(Br)nc1)C(C1CCCCC1)C1CCCCC1. The van der Waals surface area contributed by atoms with E-state index in [-0.39, 0.29) is 18.3 Å². The van der Waals surface area contributed by atoms with Crippen LogP contribution in [0.15, 0.2) is 22.9 Å². The van der Waals surface area contributed by atoms with Crippen molar-refractivity contribution in [1.29, 1.82) is 0 Å². The molecule has 3 N–H and O–H groups in total. The fourth-order valence-corrected chi connectivity index (χ4v) is 5.09. The van der Waals surface area contributed by atoms with Crippen LogP contribution >= 0.6 is 28.3 Å². The van der Waals surface area contributed by atoms with Crippen LogP contribution in [-0.4, -0.2) is 16.9 Å². The molecule has 4 nitrogen and oxygen atoms in total. The van der Waals surface area contributed by atoms with Crippen molar-refractivity contribution in [3.05, 3.63) is 22.9 Å². The number of hydrogen-bond donors (Lipinski definition) is 2. The summed E-state index contributed by atoms with van der Waals surface area (Å²) < 4.78 is 0.761. The summed E-state index contributed by atoms with van der Waals surface area (Å²) in [6.07, 6.45) is 14.5. The molecule has 1 aromatic heterocycles. The first-order valence-electron chi connectivity index (χ1n) is 9.83. The van der Waals surface area contributed by atoms with E-state index < -0.39 is 6.04 Å². The van der Waals surface area contributed by atoms with Crippen molar-refractivity contribution in [2.45, 2.75) is 70.3 Å². The number of carbonyl (C=O) groups excluding carboxylic acids is 1. The van der Waals surface area contributed by atoms with Gasteiger partial charge in [0.25, 0.3) is 0 Å². The number of rotatable bonds is 5. The summed E-state index contributed by atoms with van der Waals surface area (Å²) >= 11 is 3.32. The highest BCUT2D eigenvalue weighted by Gasteiger charge is 2.38. The third-order valence-electron chi connectivity index (χ3n) is 6.10. The van der Waals surface area contributed by atoms with Crippen molar-refractivity contribution >= 4 is 39.9 Å². The molecule has 0 spiro atoms. The molecule has 0 radical (unpaired) electrons. The maximum absolute atomic E-state index is 12.8. The van der Waals surface area contributed by atoms with Crippen molar-refractivity contribution < 1.29 is 4.79 Å². The van der Waals surface area contributed by atoms with Gasteiger partial charge in [-0.2, -0.15) is 0 Å². The molecule has 3 rings (SSSR count). The van der Waals surface area contributed by atoms with E-state index in [1.807, 2.05) is 12.1 Å². The molecule has 2 aliphatic rings. The maximum Gasteiger partial charge on any atom is 0.241 e. The Morgan fingerprint density at radius 2 is 1.58 bits per heavy atom. The highest BCUT2D eigenvalue weighted by atomic mass is 79.9. The van der Waals surface area contributed by atoms with E-state index in [1.54, 1.807) is 6.20 Å². The van der Waals surface area contributed by atoms with Crippen LogP contribution in [0.25, 0.3) is 0 Å². The van der Waals surface area contributed by atoms with Gasteiger partial charge in [0.2, 0.25) is 5.91 Å². The molecule has 2 fully saturated rings. The van der Waals surface area contributed by atoms with E-state index in [4.69, 9.17) is 5.73 Å². The largest absolute Gasteiger partial charge is 0.323 e. The van der Waals surface area contributed by atoms with Crippen LogP contribution in [0.1, 0.15) is 64.2 Å². The summed E-state index contributed by atoms with van der Waals surface area (Å²) in [4.78, 5) is 17.0. The van der Waals surface area contributed by atoms with Crippen LogP contribution in [0, 0.1) is 17.8 Å². The Morgan fingerprint density at radius 1 is 1.04 bits per heavy atom. The molecular weight excluding hydrogens is 414 g/mol. The predicted molar refractivity (Wildman–Crippen MR) is 112 cm³/mol. The number of nitrogens with two attached hydrogens (primary N) is 1. The van der Waals surface area contributed by atoms with Gasteiger partial charge in [-0.15, -0.1) is 12.4 Å². The average molecular weight is 445 g/mol. The van der Waals surface area contributed by atoms with E-state index >= 15 is 0 Å². The Hall–Kier alpha value is -0.650. The Kier molecular flexibility index (Phi) is 8.85. The summed E-state index contributed by atoms with van der Waals surface area (Å²) in [6, 6.07) is 3.27. The van der Waals surface area contributed by atoms with Crippen LogP contribution in [0.3, 0.4) is 0 Å². The second-order valence-electron chi connectivity index (χ2n) is 7.76. The van der Waals surface area contributed by atoms with Gasteiger partial charge in [0, 0.05) is 0 Å². The molecule has 2 aliphatic carbocycles. The molecule has 1 aromatic rings. The molecular formula is C20H31BrClN3O. The van der Waals surface area contributed by atoms with Crippen LogP contribution in [0.5, 0.6) is 0 Å². The summed E-state index contributed by atoms with van der Waals surface area (Å²) in [5, 5.41) is 2.98. The Labute approximate surface area is 171 Å². The van der Waals surface area contributed by atoms with Gasteiger partial charge in [-0.1, -0.05) is 64.2 Å². The fourth-order valence-electron chi connectivity index (χ4n) is 4.86. The van der Waals surface area contributed by atoms with Gasteiger partial charge in [0.15, 0.2) is 0 Å². The minimum atomic E-state index is -0.421. The number of nitrogens with zero attached hydrogens (tertiary/aromatic N) is 1. The molecule has 1 heterocycles. The van der Waals surface area contributed by atoms with Crippen LogP contribution in [-0.2, 0) is 4.79 Å². The van der Waals surface area contributed by atoms with Crippen molar-refractivity contribution in [2.75, 3.05) is 5.32 Å². The van der Waals surface area contributed by atoms with Crippen molar-refractivity contribution in [3.63, 3.8) is 0 Å². The Bertz CT molecular complexity index is 539. The summed E-state index contributed by atoms with van der Waals surface area (Å²) in [7, 11) is 0. The number of amides is 1. The Morgan fingerprint density at radius 3 is 2.04 bits per heavy atom. The van der Waals surface area contributed by atoms with Gasteiger partial charge in [0.1, 0.15) is 4.60 Å². The molecule has 26 heavy (non-hydrogen) atoms. The zero-order valence-corrected chi connectivity index (χ0v) is 17.7. The smallest absolute Gasteiger partial charge is 0.241 e. The zero-order chi connectivity index (χ0) is 17.6. The quantitative estimate of drug-likeness (QED) is 0.605. The third kappa shape index (κ3) is 5.67. The van der Waals surface area contributed by atoms with E-state index in [2.05, 4.69) is 26.2 Å². The normalized spacial score (nSPS) is 20.4. The minimum Gasteiger partial charge on any atom is -0.323 e. The molecule has 146 valence electrons. The van der Waals surface area contributed by atoms with E-state index in [0.29, 0.717) is 17.8 Å². The standard InChI is InChI=1S/C20H30BrN3O.ClH/c21-17-12-11-16(13-23-17)24-20(25)19(22)18(14-7-3-1-4-8-14)15-9-5-2-6-10-15;/h11-15,18-19H,1-10,22H2,(H,24,25);1H. The number of carbonyl (C=O) groups is 1. The first-order chi connectivity index (χ1) is 12.1. The van der Waals surface area contributed by atoms with Gasteiger partial charge < -0.3 is 11.1 Å². The van der Waals surface area contributed by atoms with Gasteiger partial charge in [-0.05, 0) is 45.8 Å². The first kappa shape index (κ1) is 21.6. The molecule has 0 saturated heterocycles. The number of pyridine rings is 1. The molecule has 1 amide bonds. The lowest BCUT2D eigenvalue weighted by atomic mass is 9.66. The maximum atomic E-state index is 12.8. The van der Waals surface area contributed by atoms with Crippen LogP contribution in [0.4, 0.5) is 5.69 Å². The molecule has 6 heteroatoms. The lowest BCUT2D eigenvalue weighted by molar-refractivity contribution is -0.120. The summed E-state index contributed by atoms with van der Waals surface area (Å²) in [5.41, 5.74) is 7.28. The molecule has 2 saturated carbocycles. The third-order valence-corrected chi connectivity index (χ3v) is 6.57. The average Bonchev–Trinajstić information content (AvgIpc) is 2.65. The molecule has 1 unspecified atom stereocenters. The summed E-state index contributed by atoms with van der Waals surface area (Å²) in [5.74, 6) is 1.50. The van der Waals surface area contributed by atoms with Gasteiger partial charge in [-0.3, -0.25) is 4.79 Å². The van der Waals surface area contributed by atoms with E-state index in [9.17, 15) is 4.79 Å². The van der Waals surface area contributed by atoms with Crippen molar-refractivity contribution in [2.24, 2.45) is 23.5 Å². The van der Waals surface area contributed by atoms with E-state index in [0.717, 1.165) is 10.3 Å². The minimum absolute atomic E-state index is 0. The predicted octanol–water partition coefficient (Wildman–Crippen LogP) is 5.31. The fraction of sp³-hybridized carbons (Fsp3) is 0.700. The van der Waals surface area contributed by atoms with Crippen molar-refractivity contribution in [1.82, 2.24) is 4.98 Å². The van der Waals surface area contributed by atoms with Crippen LogP contribution < -0.4 is 11.1 Å². The second kappa shape index (κ2) is 10.6. The van der Waals surface area contributed by atoms with E-state index in [1.165, 1.54) is 64.2 Å². The number of nitrogens with one attached hydrogen (secondary N) is 1. The Balaban J connectivity index is 0.00000243. The highest BCUT2D eigenvalue weighted by Crippen LogP contribution is 2.41. The number of hydrogen-bond acceptors (Lipinski definition) is 3. The molecule has 1 atom stereocenters. The van der Waals surface area contributed by atoms with Gasteiger partial charge in [-0.25, -0.2) is 4.98 Å².